The largest absolute Gasteiger partial charge is 0.668 e. The van der Waals surface area contributed by atoms with E-state index >= 15 is 0 Å². The number of carbonyl (C=O) groups is 4. The number of ketones is 2. The number of carbonyl (C=O) groups excluding carboxylic acids is 3. The van der Waals surface area contributed by atoms with Gasteiger partial charge in [0.15, 0.2) is 0 Å². The first kappa shape index (κ1) is 31.6. The van der Waals surface area contributed by atoms with Crippen LogP contribution in [0, 0.1) is 18.8 Å². The maximum atomic E-state index is 12.4. The SMILES string of the molecule is [CH2-]C(=O)[C@@H](NC(=O)[C@H](CCC(=O)O)CC(=O)[C@@H]([NH-])C(C)CC)C(C)O.[W].[Y]. The quantitative estimate of drug-likeness (QED) is 0.277. The molecule has 27 heavy (non-hydrogen) atoms. The summed E-state index contributed by atoms with van der Waals surface area (Å²) in [4.78, 5) is 46.7. The van der Waals surface area contributed by atoms with Gasteiger partial charge in [0.1, 0.15) is 5.78 Å². The smallest absolute Gasteiger partial charge is 0.303 e. The Labute approximate surface area is 199 Å². The van der Waals surface area contributed by atoms with E-state index in [1.165, 1.54) is 6.92 Å². The maximum Gasteiger partial charge on any atom is 0.303 e. The van der Waals surface area contributed by atoms with Crippen LogP contribution in [0.3, 0.4) is 0 Å². The summed E-state index contributed by atoms with van der Waals surface area (Å²) in [6, 6.07) is -2.22. The molecule has 1 amide bonds. The summed E-state index contributed by atoms with van der Waals surface area (Å²) in [6.45, 7) is 8.08. The number of hydrogen-bond donors (Lipinski definition) is 3. The van der Waals surface area contributed by atoms with Crippen molar-refractivity contribution in [2.75, 3.05) is 0 Å². The van der Waals surface area contributed by atoms with Crippen LogP contribution < -0.4 is 5.32 Å². The minimum absolute atomic E-state index is 0. The van der Waals surface area contributed by atoms with Crippen LogP contribution in [0.25, 0.3) is 5.73 Å². The fraction of sp³-hybridized carbons (Fsp3) is 0.706. The predicted molar refractivity (Wildman–Crippen MR) is 91.5 cm³/mol. The third-order valence-electron chi connectivity index (χ3n) is 4.21. The van der Waals surface area contributed by atoms with Gasteiger partial charge >= 0.3 is 5.97 Å². The second-order valence-corrected chi connectivity index (χ2v) is 6.36. The molecular formula is C17H28N2O6WY-2. The van der Waals surface area contributed by atoms with Gasteiger partial charge in [-0.3, -0.25) is 9.59 Å². The van der Waals surface area contributed by atoms with Gasteiger partial charge in [-0.05, 0) is 13.3 Å². The molecule has 0 aliphatic carbocycles. The van der Waals surface area contributed by atoms with Gasteiger partial charge < -0.3 is 37.8 Å². The van der Waals surface area contributed by atoms with Crippen molar-refractivity contribution in [2.24, 2.45) is 11.8 Å². The van der Waals surface area contributed by atoms with E-state index in [0.29, 0.717) is 6.42 Å². The fourth-order valence-electron chi connectivity index (χ4n) is 2.29. The van der Waals surface area contributed by atoms with E-state index in [1.807, 2.05) is 6.92 Å². The Kier molecular flexibility index (Phi) is 18.4. The minimum Gasteiger partial charge on any atom is -0.668 e. The van der Waals surface area contributed by atoms with E-state index in [2.05, 4.69) is 12.2 Å². The number of carboxylic acid groups (broad SMARTS) is 1. The third-order valence-corrected chi connectivity index (χ3v) is 4.21. The Morgan fingerprint density at radius 2 is 1.70 bits per heavy atom. The van der Waals surface area contributed by atoms with Gasteiger partial charge in [0.2, 0.25) is 5.91 Å². The third kappa shape index (κ3) is 12.1. The molecule has 2 unspecified atom stereocenters. The molecule has 10 heteroatoms. The number of rotatable bonds is 12. The van der Waals surface area contributed by atoms with Crippen molar-refractivity contribution in [3.05, 3.63) is 12.7 Å². The molecule has 153 valence electrons. The van der Waals surface area contributed by atoms with Gasteiger partial charge in [0.05, 0.1) is 12.1 Å². The average Bonchev–Trinajstić information content (AvgIpc) is 2.53. The van der Waals surface area contributed by atoms with Gasteiger partial charge in [-0.25, -0.2) is 0 Å². The number of aliphatic hydroxyl groups is 1. The van der Waals surface area contributed by atoms with Crippen LogP contribution in [0.5, 0.6) is 0 Å². The Hall–Kier alpha value is -0.138. The Morgan fingerprint density at radius 1 is 1.19 bits per heavy atom. The zero-order valence-electron chi connectivity index (χ0n) is 15.9. The standard InChI is InChI=1S/C17H28N2O6.W.Y/c1-5-9(2)15(18)13(22)8-12(6-7-14(23)24)17(25)19-16(10(3)20)11(4)21;;/h9,11-12,15-16,18,21H,3,5-8H2,1-2,4H3,(H,19,25)(H,23,24);;/q-2;;/t9?,11?,12-,15+,16-;;/m1../s1. The number of aliphatic carboxylic acids is 1. The van der Waals surface area contributed by atoms with Crippen molar-refractivity contribution in [3.8, 4) is 0 Å². The van der Waals surface area contributed by atoms with Crippen molar-refractivity contribution in [3.63, 3.8) is 0 Å². The molecule has 1 radical (unpaired) electrons. The van der Waals surface area contributed by atoms with E-state index in [-0.39, 0.29) is 79.0 Å². The van der Waals surface area contributed by atoms with Crippen LogP contribution in [0.2, 0.25) is 0 Å². The molecule has 0 saturated carbocycles. The first-order valence-electron chi connectivity index (χ1n) is 8.31. The first-order chi connectivity index (χ1) is 11.5. The summed E-state index contributed by atoms with van der Waals surface area (Å²) in [5.41, 5.74) is 7.91. The number of Topliss-reactive ketones (excluding diaryl/α,β-unsaturated/α-hetero) is 2. The zero-order chi connectivity index (χ0) is 19.7. The van der Waals surface area contributed by atoms with Crippen LogP contribution in [-0.4, -0.2) is 51.8 Å². The van der Waals surface area contributed by atoms with Crippen LogP contribution in [0.4, 0.5) is 0 Å². The monoisotopic (exact) mass is 629 g/mol. The summed E-state index contributed by atoms with van der Waals surface area (Å²) in [5.74, 6) is -4.12. The Bertz CT molecular complexity index is 504. The van der Waals surface area contributed by atoms with Crippen molar-refractivity contribution in [1.29, 1.82) is 0 Å². The average molecular weight is 629 g/mol. The van der Waals surface area contributed by atoms with Crippen LogP contribution in [-0.2, 0) is 73.0 Å². The molecule has 4 N–H and O–H groups in total. The molecule has 8 nitrogen and oxygen atoms in total. The summed E-state index contributed by atoms with van der Waals surface area (Å²) in [6.07, 6.45) is -1.25. The fourth-order valence-corrected chi connectivity index (χ4v) is 2.29. The molecule has 0 aliphatic heterocycles. The first-order valence-corrected chi connectivity index (χ1v) is 8.31. The molecule has 0 bridgehead atoms. The molecule has 0 aromatic carbocycles. The summed E-state index contributed by atoms with van der Waals surface area (Å²) < 4.78 is 0. The van der Waals surface area contributed by atoms with Gasteiger partial charge in [-0.2, -0.15) is 0 Å². The molecule has 0 aliphatic rings. The second kappa shape index (κ2) is 15.7. The molecule has 0 rings (SSSR count). The number of hydrogen-bond acceptors (Lipinski definition) is 5. The van der Waals surface area contributed by atoms with Gasteiger partial charge in [0.25, 0.3) is 0 Å². The van der Waals surface area contributed by atoms with E-state index in [1.54, 1.807) is 6.92 Å². The summed E-state index contributed by atoms with van der Waals surface area (Å²) in [7, 11) is 0. The van der Waals surface area contributed by atoms with Gasteiger partial charge in [-0.1, -0.05) is 32.2 Å². The molecule has 0 heterocycles. The summed E-state index contributed by atoms with van der Waals surface area (Å²) >= 11 is 0. The molecule has 5 atom stereocenters. The van der Waals surface area contributed by atoms with Crippen molar-refractivity contribution >= 4 is 23.4 Å². The minimum atomic E-state index is -1.23. The topological polar surface area (TPSA) is 145 Å². The van der Waals surface area contributed by atoms with Crippen molar-refractivity contribution < 1.29 is 83.2 Å². The van der Waals surface area contributed by atoms with E-state index in [4.69, 9.17) is 10.8 Å². The second-order valence-electron chi connectivity index (χ2n) is 6.36. The molecule has 0 saturated heterocycles. The van der Waals surface area contributed by atoms with Gasteiger partial charge in [-0.15, -0.1) is 0 Å². The van der Waals surface area contributed by atoms with Gasteiger partial charge in [0, 0.05) is 78.3 Å². The zero-order valence-corrected chi connectivity index (χ0v) is 21.7. The summed E-state index contributed by atoms with van der Waals surface area (Å²) in [5, 5.41) is 20.7. The van der Waals surface area contributed by atoms with Crippen molar-refractivity contribution in [2.45, 2.75) is 64.6 Å². The van der Waals surface area contributed by atoms with Crippen LogP contribution in [0.1, 0.15) is 46.5 Å². The molecule has 0 aromatic rings. The number of amides is 1. The number of nitrogens with one attached hydrogen (secondary N) is 2. The molecule has 0 aromatic heterocycles. The van der Waals surface area contributed by atoms with Crippen molar-refractivity contribution in [1.82, 2.24) is 5.32 Å². The molecular weight excluding hydrogens is 601 g/mol. The maximum absolute atomic E-state index is 12.4. The van der Waals surface area contributed by atoms with E-state index in [0.717, 1.165) is 0 Å². The number of aliphatic hydroxyl groups excluding tert-OH is 1. The van der Waals surface area contributed by atoms with Crippen LogP contribution in [0.15, 0.2) is 0 Å². The number of carboxylic acids is 1. The van der Waals surface area contributed by atoms with E-state index < -0.39 is 47.5 Å². The van der Waals surface area contributed by atoms with Crippen LogP contribution >= 0.6 is 0 Å². The Balaban J connectivity index is -0.00000288. The predicted octanol–water partition coefficient (Wildman–Crippen LogP) is 1.16. The van der Waals surface area contributed by atoms with E-state index in [9.17, 15) is 24.3 Å². The normalized spacial score (nSPS) is 15.7. The molecule has 0 fully saturated rings. The Morgan fingerprint density at radius 3 is 2.07 bits per heavy atom. The molecule has 0 spiro atoms.